The Hall–Kier alpha value is -0.600. The first-order chi connectivity index (χ1) is 7.31. The number of nitrogens with one attached hydrogen (secondary N) is 1. The highest BCUT2D eigenvalue weighted by molar-refractivity contribution is 4.88. The van der Waals surface area contributed by atoms with Crippen LogP contribution in [0.15, 0.2) is 25.3 Å². The van der Waals surface area contributed by atoms with E-state index < -0.39 is 0 Å². The van der Waals surface area contributed by atoms with Gasteiger partial charge in [0.05, 0.1) is 0 Å². The quantitative estimate of drug-likeness (QED) is 0.584. The number of hydrogen-bond donors (Lipinski definition) is 1. The standard InChI is InChI=1S/C13H24N2/c1-4-9-15(10-5-2)13(6-3)11-14-12-7-8-12/h4-5,12-14H,1-2,6-11H2,3H3. The van der Waals surface area contributed by atoms with Crippen molar-refractivity contribution in [2.75, 3.05) is 19.6 Å². The highest BCUT2D eigenvalue weighted by atomic mass is 15.2. The van der Waals surface area contributed by atoms with Gasteiger partial charge < -0.3 is 5.32 Å². The number of nitrogens with zero attached hydrogens (tertiary/aromatic N) is 1. The Morgan fingerprint density at radius 3 is 2.33 bits per heavy atom. The zero-order valence-electron chi connectivity index (χ0n) is 9.91. The molecule has 1 saturated carbocycles. The van der Waals surface area contributed by atoms with E-state index in [0.29, 0.717) is 6.04 Å². The van der Waals surface area contributed by atoms with E-state index in [1.54, 1.807) is 0 Å². The van der Waals surface area contributed by atoms with Crippen LogP contribution in [0, 0.1) is 0 Å². The molecule has 1 fully saturated rings. The molecule has 1 aliphatic rings. The van der Waals surface area contributed by atoms with Crippen LogP contribution in [-0.4, -0.2) is 36.6 Å². The Morgan fingerprint density at radius 1 is 1.33 bits per heavy atom. The maximum atomic E-state index is 3.81. The molecule has 1 atom stereocenters. The maximum absolute atomic E-state index is 3.81. The van der Waals surface area contributed by atoms with Crippen molar-refractivity contribution in [3.05, 3.63) is 25.3 Å². The van der Waals surface area contributed by atoms with Gasteiger partial charge in [0.25, 0.3) is 0 Å². The minimum absolute atomic E-state index is 0.613. The SMILES string of the molecule is C=CCN(CC=C)C(CC)CNC1CC1. The van der Waals surface area contributed by atoms with Crippen molar-refractivity contribution in [3.63, 3.8) is 0 Å². The van der Waals surface area contributed by atoms with Gasteiger partial charge in [-0.3, -0.25) is 4.90 Å². The Labute approximate surface area is 94.0 Å². The summed E-state index contributed by atoms with van der Waals surface area (Å²) in [5, 5.41) is 3.59. The van der Waals surface area contributed by atoms with Crippen molar-refractivity contribution < 1.29 is 0 Å². The average molecular weight is 208 g/mol. The van der Waals surface area contributed by atoms with Crippen molar-refractivity contribution in [2.45, 2.75) is 38.3 Å². The molecule has 1 unspecified atom stereocenters. The third kappa shape index (κ3) is 4.63. The van der Waals surface area contributed by atoms with Crippen LogP contribution in [0.1, 0.15) is 26.2 Å². The minimum Gasteiger partial charge on any atom is -0.312 e. The molecule has 2 nitrogen and oxygen atoms in total. The molecule has 86 valence electrons. The predicted octanol–water partition coefficient (Wildman–Crippen LogP) is 2.19. The van der Waals surface area contributed by atoms with Gasteiger partial charge in [-0.25, -0.2) is 0 Å². The van der Waals surface area contributed by atoms with E-state index in [-0.39, 0.29) is 0 Å². The first-order valence-corrected chi connectivity index (χ1v) is 6.01. The summed E-state index contributed by atoms with van der Waals surface area (Å²) >= 11 is 0. The topological polar surface area (TPSA) is 15.3 Å². The number of rotatable bonds is 9. The third-order valence-electron chi connectivity index (χ3n) is 2.93. The van der Waals surface area contributed by atoms with Gasteiger partial charge in [0.2, 0.25) is 0 Å². The molecule has 1 rings (SSSR count). The second-order valence-electron chi connectivity index (χ2n) is 4.28. The van der Waals surface area contributed by atoms with Crippen molar-refractivity contribution in [3.8, 4) is 0 Å². The van der Waals surface area contributed by atoms with E-state index in [9.17, 15) is 0 Å². The first-order valence-electron chi connectivity index (χ1n) is 6.01. The molecule has 1 N–H and O–H groups in total. The summed E-state index contributed by atoms with van der Waals surface area (Å²) in [6, 6.07) is 1.41. The Balaban J connectivity index is 2.34. The lowest BCUT2D eigenvalue weighted by atomic mass is 10.2. The van der Waals surface area contributed by atoms with E-state index in [4.69, 9.17) is 0 Å². The molecule has 0 spiro atoms. The Morgan fingerprint density at radius 2 is 1.93 bits per heavy atom. The maximum Gasteiger partial charge on any atom is 0.0224 e. The van der Waals surface area contributed by atoms with Crippen molar-refractivity contribution in [1.82, 2.24) is 10.2 Å². The molecule has 0 bridgehead atoms. The van der Waals surface area contributed by atoms with Gasteiger partial charge in [-0.1, -0.05) is 19.1 Å². The molecule has 0 saturated heterocycles. The van der Waals surface area contributed by atoms with Crippen LogP contribution in [0.3, 0.4) is 0 Å². The lowest BCUT2D eigenvalue weighted by Crippen LogP contribution is -2.42. The fourth-order valence-corrected chi connectivity index (χ4v) is 1.83. The van der Waals surface area contributed by atoms with Crippen LogP contribution in [0.2, 0.25) is 0 Å². The molecule has 0 radical (unpaired) electrons. The van der Waals surface area contributed by atoms with Crippen LogP contribution in [0.5, 0.6) is 0 Å². The van der Waals surface area contributed by atoms with Gasteiger partial charge in [0.15, 0.2) is 0 Å². The van der Waals surface area contributed by atoms with Crippen LogP contribution >= 0.6 is 0 Å². The summed E-state index contributed by atoms with van der Waals surface area (Å²) in [6.07, 6.45) is 7.85. The molecule has 2 heteroatoms. The lowest BCUT2D eigenvalue weighted by molar-refractivity contribution is 0.227. The summed E-state index contributed by atoms with van der Waals surface area (Å²) in [5.74, 6) is 0. The molecule has 0 aliphatic heterocycles. The normalized spacial score (nSPS) is 17.7. The van der Waals surface area contributed by atoms with E-state index in [2.05, 4.69) is 30.3 Å². The summed E-state index contributed by atoms with van der Waals surface area (Å²) in [7, 11) is 0. The molecule has 0 heterocycles. The molecular weight excluding hydrogens is 184 g/mol. The fourth-order valence-electron chi connectivity index (χ4n) is 1.83. The van der Waals surface area contributed by atoms with Crippen molar-refractivity contribution in [2.24, 2.45) is 0 Å². The summed E-state index contributed by atoms with van der Waals surface area (Å²) in [4.78, 5) is 2.43. The van der Waals surface area contributed by atoms with Crippen LogP contribution in [0.4, 0.5) is 0 Å². The Kier molecular flexibility index (Phi) is 5.66. The molecule has 0 aromatic heterocycles. The average Bonchev–Trinajstić information content (AvgIpc) is 3.03. The monoisotopic (exact) mass is 208 g/mol. The summed E-state index contributed by atoms with van der Waals surface area (Å²) < 4.78 is 0. The summed E-state index contributed by atoms with van der Waals surface area (Å²) in [6.45, 7) is 12.9. The molecule has 15 heavy (non-hydrogen) atoms. The van der Waals surface area contributed by atoms with Gasteiger partial charge in [-0.2, -0.15) is 0 Å². The minimum atomic E-state index is 0.613. The second kappa shape index (κ2) is 6.81. The molecule has 1 aliphatic carbocycles. The largest absolute Gasteiger partial charge is 0.312 e. The van der Waals surface area contributed by atoms with E-state index in [1.165, 1.54) is 19.3 Å². The van der Waals surface area contributed by atoms with Crippen LogP contribution in [0.25, 0.3) is 0 Å². The highest BCUT2D eigenvalue weighted by Crippen LogP contribution is 2.19. The van der Waals surface area contributed by atoms with Crippen molar-refractivity contribution >= 4 is 0 Å². The van der Waals surface area contributed by atoms with E-state index in [1.807, 2.05) is 12.2 Å². The molecule has 0 aromatic carbocycles. The van der Waals surface area contributed by atoms with E-state index in [0.717, 1.165) is 25.7 Å². The van der Waals surface area contributed by atoms with Gasteiger partial charge in [0.1, 0.15) is 0 Å². The van der Waals surface area contributed by atoms with Gasteiger partial charge in [-0.15, -0.1) is 13.2 Å². The fraction of sp³-hybridized carbons (Fsp3) is 0.692. The second-order valence-corrected chi connectivity index (χ2v) is 4.28. The van der Waals surface area contributed by atoms with Gasteiger partial charge >= 0.3 is 0 Å². The molecular formula is C13H24N2. The lowest BCUT2D eigenvalue weighted by Gasteiger charge is -2.29. The summed E-state index contributed by atoms with van der Waals surface area (Å²) in [5.41, 5.74) is 0. The van der Waals surface area contributed by atoms with Crippen LogP contribution in [-0.2, 0) is 0 Å². The molecule has 0 aromatic rings. The third-order valence-corrected chi connectivity index (χ3v) is 2.93. The van der Waals surface area contributed by atoms with Gasteiger partial charge in [0, 0.05) is 31.7 Å². The number of hydrogen-bond acceptors (Lipinski definition) is 2. The van der Waals surface area contributed by atoms with E-state index >= 15 is 0 Å². The highest BCUT2D eigenvalue weighted by Gasteiger charge is 2.22. The zero-order valence-corrected chi connectivity index (χ0v) is 9.91. The predicted molar refractivity (Wildman–Crippen MR) is 67.1 cm³/mol. The van der Waals surface area contributed by atoms with Gasteiger partial charge in [-0.05, 0) is 19.3 Å². The first kappa shape index (κ1) is 12.5. The zero-order chi connectivity index (χ0) is 11.1. The smallest absolute Gasteiger partial charge is 0.0224 e. The van der Waals surface area contributed by atoms with Crippen LogP contribution < -0.4 is 5.32 Å². The van der Waals surface area contributed by atoms with Crippen molar-refractivity contribution in [1.29, 1.82) is 0 Å². The Bertz CT molecular complexity index is 187. The molecule has 0 amide bonds.